The van der Waals surface area contributed by atoms with Crippen LogP contribution in [0, 0.1) is 11.3 Å². The zero-order chi connectivity index (χ0) is 19.7. The fraction of sp³-hybridized carbons (Fsp3) is 0.400. The number of benzene rings is 1. The summed E-state index contributed by atoms with van der Waals surface area (Å²) in [6.07, 6.45) is 2.04. The highest BCUT2D eigenvalue weighted by atomic mass is 79.9. The number of allylic oxidation sites excluding steroid dienone is 3. The van der Waals surface area contributed by atoms with Crippen molar-refractivity contribution in [1.29, 1.82) is 5.26 Å². The van der Waals surface area contributed by atoms with Crippen molar-refractivity contribution in [2.45, 2.75) is 32.1 Å². The van der Waals surface area contributed by atoms with Gasteiger partial charge in [-0.05, 0) is 53.4 Å². The largest absolute Gasteiger partial charge is 0.492 e. The van der Waals surface area contributed by atoms with E-state index in [0.29, 0.717) is 46.0 Å². The van der Waals surface area contributed by atoms with Gasteiger partial charge in [0, 0.05) is 24.7 Å². The average molecular weight is 432 g/mol. The van der Waals surface area contributed by atoms with Gasteiger partial charge >= 0.3 is 0 Å². The Bertz CT molecular complexity index is 898. The van der Waals surface area contributed by atoms with Crippen LogP contribution in [-0.2, 0) is 4.79 Å². The third-order valence-electron chi connectivity index (χ3n) is 5.04. The van der Waals surface area contributed by atoms with Gasteiger partial charge in [-0.15, -0.1) is 0 Å². The molecule has 1 aromatic rings. The third kappa shape index (κ3) is 3.19. The lowest BCUT2D eigenvalue weighted by Crippen LogP contribution is -2.36. The van der Waals surface area contributed by atoms with Crippen molar-refractivity contribution in [2.75, 3.05) is 20.8 Å². The summed E-state index contributed by atoms with van der Waals surface area (Å²) < 4.78 is 11.9. The lowest BCUT2D eigenvalue weighted by Gasteiger charge is -2.37. The van der Waals surface area contributed by atoms with Gasteiger partial charge in [0.25, 0.3) is 0 Å². The first-order chi connectivity index (χ1) is 12.9. The number of hydrogen-bond donors (Lipinski definition) is 1. The van der Waals surface area contributed by atoms with Crippen LogP contribution in [0.2, 0.25) is 0 Å². The molecule has 0 unspecified atom stereocenters. The number of rotatable bonds is 4. The Hall–Kier alpha value is -2.46. The van der Waals surface area contributed by atoms with E-state index in [1.165, 1.54) is 0 Å². The van der Waals surface area contributed by atoms with Crippen molar-refractivity contribution in [3.8, 4) is 17.6 Å². The Morgan fingerprint density at radius 3 is 2.78 bits per heavy atom. The molecule has 1 heterocycles. The minimum atomic E-state index is -0.504. The maximum atomic E-state index is 12.8. The molecule has 0 saturated heterocycles. The number of Topliss-reactive ketones (excluding diaryl/α,β-unsaturated/α-hetero) is 1. The fourth-order valence-corrected chi connectivity index (χ4v) is 4.43. The van der Waals surface area contributed by atoms with Crippen molar-refractivity contribution >= 4 is 21.7 Å². The van der Waals surface area contributed by atoms with Crippen LogP contribution in [0.25, 0.3) is 0 Å². The Morgan fingerprint density at radius 1 is 1.41 bits per heavy atom. The smallest absolute Gasteiger partial charge is 0.174 e. The van der Waals surface area contributed by atoms with Gasteiger partial charge in [-0.2, -0.15) is 5.26 Å². The van der Waals surface area contributed by atoms with Gasteiger partial charge in [0.15, 0.2) is 17.3 Å². The normalized spacial score (nSPS) is 19.7. The van der Waals surface area contributed by atoms with Gasteiger partial charge in [0.1, 0.15) is 5.82 Å². The maximum absolute atomic E-state index is 12.8. The van der Waals surface area contributed by atoms with E-state index in [0.717, 1.165) is 24.1 Å². The second kappa shape index (κ2) is 7.65. The summed E-state index contributed by atoms with van der Waals surface area (Å²) in [5, 5.41) is 9.81. The summed E-state index contributed by atoms with van der Waals surface area (Å²) in [4.78, 5) is 14.6. The summed E-state index contributed by atoms with van der Waals surface area (Å²) in [6.45, 7) is 2.36. The lowest BCUT2D eigenvalue weighted by molar-refractivity contribution is -0.116. The first kappa shape index (κ1) is 19.3. The minimum absolute atomic E-state index is 0.0678. The van der Waals surface area contributed by atoms with E-state index < -0.39 is 5.92 Å². The highest BCUT2D eigenvalue weighted by molar-refractivity contribution is 9.10. The fourth-order valence-electron chi connectivity index (χ4n) is 3.81. The van der Waals surface area contributed by atoms with E-state index in [-0.39, 0.29) is 5.78 Å². The van der Waals surface area contributed by atoms with Gasteiger partial charge < -0.3 is 20.1 Å². The standard InChI is InChI=1S/C20H22BrN3O3/c1-4-27-16-9-11(8-13(21)19(16)26-3)17-12(10-22)20(23)24(2)14-6-5-7-15(25)18(14)17/h8-9,17H,4-7,23H2,1-3H3/t17-/m1/s1. The first-order valence-electron chi connectivity index (χ1n) is 8.84. The number of nitrogens with two attached hydrogens (primary N) is 1. The molecule has 1 aliphatic heterocycles. The molecule has 2 N–H and O–H groups in total. The quantitative estimate of drug-likeness (QED) is 0.783. The number of nitrogens with zero attached hydrogens (tertiary/aromatic N) is 2. The Labute approximate surface area is 167 Å². The molecule has 0 fully saturated rings. The number of carbonyl (C=O) groups is 1. The molecule has 0 radical (unpaired) electrons. The van der Waals surface area contributed by atoms with E-state index in [1.807, 2.05) is 26.1 Å². The Morgan fingerprint density at radius 2 is 2.15 bits per heavy atom. The highest BCUT2D eigenvalue weighted by Gasteiger charge is 2.39. The number of carbonyl (C=O) groups excluding carboxylic acids is 1. The predicted molar refractivity (Wildman–Crippen MR) is 105 cm³/mol. The van der Waals surface area contributed by atoms with Gasteiger partial charge in [-0.1, -0.05) is 0 Å². The topological polar surface area (TPSA) is 88.6 Å². The molecular formula is C20H22BrN3O3. The molecule has 1 aliphatic carbocycles. The van der Waals surface area contributed by atoms with E-state index >= 15 is 0 Å². The zero-order valence-corrected chi connectivity index (χ0v) is 17.2. The zero-order valence-electron chi connectivity index (χ0n) is 15.6. The number of halogens is 1. The van der Waals surface area contributed by atoms with Crippen molar-refractivity contribution in [2.24, 2.45) is 5.73 Å². The summed E-state index contributed by atoms with van der Waals surface area (Å²) in [5.41, 5.74) is 9.00. The van der Waals surface area contributed by atoms with Crippen molar-refractivity contribution in [3.05, 3.63) is 44.8 Å². The molecule has 0 bridgehead atoms. The third-order valence-corrected chi connectivity index (χ3v) is 5.63. The molecule has 142 valence electrons. The van der Waals surface area contributed by atoms with E-state index in [1.54, 1.807) is 12.0 Å². The lowest BCUT2D eigenvalue weighted by atomic mass is 9.76. The molecule has 7 heteroatoms. The predicted octanol–water partition coefficient (Wildman–Crippen LogP) is 3.59. The van der Waals surface area contributed by atoms with Crippen LogP contribution in [-0.4, -0.2) is 31.4 Å². The van der Waals surface area contributed by atoms with E-state index in [4.69, 9.17) is 15.2 Å². The number of nitriles is 1. The molecular weight excluding hydrogens is 410 g/mol. The summed E-state index contributed by atoms with van der Waals surface area (Å²) in [5.74, 6) is 1.09. The summed E-state index contributed by atoms with van der Waals surface area (Å²) in [6, 6.07) is 5.93. The average Bonchev–Trinajstić information content (AvgIpc) is 2.64. The van der Waals surface area contributed by atoms with Crippen molar-refractivity contribution in [3.63, 3.8) is 0 Å². The number of ketones is 1. The molecule has 0 spiro atoms. The van der Waals surface area contributed by atoms with Crippen LogP contribution in [0.4, 0.5) is 0 Å². The summed E-state index contributed by atoms with van der Waals surface area (Å²) >= 11 is 3.52. The van der Waals surface area contributed by atoms with Gasteiger partial charge in [0.2, 0.25) is 0 Å². The number of ether oxygens (including phenoxy) is 2. The highest BCUT2D eigenvalue weighted by Crippen LogP contribution is 2.47. The van der Waals surface area contributed by atoms with E-state index in [9.17, 15) is 10.1 Å². The molecule has 27 heavy (non-hydrogen) atoms. The number of hydrogen-bond acceptors (Lipinski definition) is 6. The van der Waals surface area contributed by atoms with Crippen LogP contribution in [0.3, 0.4) is 0 Å². The Kier molecular flexibility index (Phi) is 5.47. The summed E-state index contributed by atoms with van der Waals surface area (Å²) in [7, 11) is 3.38. The van der Waals surface area contributed by atoms with Crippen LogP contribution in [0.1, 0.15) is 37.7 Å². The van der Waals surface area contributed by atoms with Crippen LogP contribution in [0.15, 0.2) is 39.3 Å². The molecule has 0 aromatic heterocycles. The maximum Gasteiger partial charge on any atom is 0.174 e. The first-order valence-corrected chi connectivity index (χ1v) is 9.63. The Balaban J connectivity index is 2.25. The number of methoxy groups -OCH3 is 1. The van der Waals surface area contributed by atoms with Crippen molar-refractivity contribution in [1.82, 2.24) is 4.90 Å². The van der Waals surface area contributed by atoms with Crippen LogP contribution >= 0.6 is 15.9 Å². The van der Waals surface area contributed by atoms with Crippen molar-refractivity contribution < 1.29 is 14.3 Å². The molecule has 2 aliphatic rings. The van der Waals surface area contributed by atoms with E-state index in [2.05, 4.69) is 22.0 Å². The minimum Gasteiger partial charge on any atom is -0.492 e. The van der Waals surface area contributed by atoms with Gasteiger partial charge in [0.05, 0.1) is 35.7 Å². The monoisotopic (exact) mass is 431 g/mol. The molecule has 1 aromatic carbocycles. The molecule has 1 atom stereocenters. The van der Waals surface area contributed by atoms with Gasteiger partial charge in [-0.3, -0.25) is 4.79 Å². The molecule has 6 nitrogen and oxygen atoms in total. The van der Waals surface area contributed by atoms with Crippen LogP contribution < -0.4 is 15.2 Å². The second-order valence-corrected chi connectivity index (χ2v) is 7.36. The second-order valence-electron chi connectivity index (χ2n) is 6.51. The van der Waals surface area contributed by atoms with Crippen LogP contribution in [0.5, 0.6) is 11.5 Å². The molecule has 0 amide bonds. The van der Waals surface area contributed by atoms with Gasteiger partial charge in [-0.25, -0.2) is 0 Å². The molecule has 3 rings (SSSR count). The SMILES string of the molecule is CCOc1cc([C@@H]2C(C#N)=C(N)N(C)C3=C2C(=O)CCC3)cc(Br)c1OC. The molecule has 0 saturated carbocycles.